The van der Waals surface area contributed by atoms with E-state index in [9.17, 15) is 14.4 Å². The first-order valence-corrected chi connectivity index (χ1v) is 12.9. The van der Waals surface area contributed by atoms with E-state index in [0.29, 0.717) is 37.6 Å². The van der Waals surface area contributed by atoms with Gasteiger partial charge in [0.15, 0.2) is 6.29 Å². The van der Waals surface area contributed by atoms with E-state index in [1.165, 1.54) is 4.90 Å². The lowest BCUT2D eigenvalue weighted by molar-refractivity contribution is -0.186. The van der Waals surface area contributed by atoms with E-state index in [-0.39, 0.29) is 17.8 Å². The van der Waals surface area contributed by atoms with Crippen LogP contribution in [0, 0.1) is 0 Å². The van der Waals surface area contributed by atoms with Gasteiger partial charge in [-0.05, 0) is 54.3 Å². The van der Waals surface area contributed by atoms with Gasteiger partial charge in [0.2, 0.25) is 5.91 Å². The first kappa shape index (κ1) is 24.4. The molecular weight excluding hydrogens is 488 g/mol. The SMILES string of the molecule is COc1ccc2c(c1)c1c(n2Cc2ccc(C(=O)NOC3CCCCO3)cc2)CN2CC1C(=O)N(C)C2=O. The third kappa shape index (κ3) is 4.19. The minimum absolute atomic E-state index is 0.190. The minimum atomic E-state index is -0.420. The number of carbonyl (C=O) groups is 3. The van der Waals surface area contributed by atoms with Crippen LogP contribution >= 0.6 is 0 Å². The van der Waals surface area contributed by atoms with Crippen molar-refractivity contribution in [1.82, 2.24) is 19.8 Å². The topological polar surface area (TPSA) is 102 Å². The van der Waals surface area contributed by atoms with Gasteiger partial charge in [-0.3, -0.25) is 14.5 Å². The molecule has 0 aliphatic carbocycles. The van der Waals surface area contributed by atoms with Crippen molar-refractivity contribution in [2.24, 2.45) is 0 Å². The maximum atomic E-state index is 13.1. The number of ether oxygens (including phenoxy) is 2. The van der Waals surface area contributed by atoms with E-state index in [4.69, 9.17) is 14.3 Å². The number of aromatic nitrogens is 1. The van der Waals surface area contributed by atoms with Crippen LogP contribution in [0.1, 0.15) is 52.4 Å². The first-order chi connectivity index (χ1) is 18.4. The second kappa shape index (κ2) is 9.77. The molecule has 198 valence electrons. The largest absolute Gasteiger partial charge is 0.497 e. The lowest BCUT2D eigenvalue weighted by Gasteiger charge is -2.41. The molecule has 3 aromatic rings. The van der Waals surface area contributed by atoms with Crippen LogP contribution in [0.25, 0.3) is 10.9 Å². The average Bonchev–Trinajstić information content (AvgIpc) is 3.26. The van der Waals surface area contributed by atoms with Crippen molar-refractivity contribution in [3.63, 3.8) is 0 Å². The van der Waals surface area contributed by atoms with Crippen molar-refractivity contribution in [3.8, 4) is 5.75 Å². The van der Waals surface area contributed by atoms with Gasteiger partial charge in [-0.25, -0.2) is 15.1 Å². The van der Waals surface area contributed by atoms with Crippen molar-refractivity contribution < 1.29 is 28.7 Å². The highest BCUT2D eigenvalue weighted by Gasteiger charge is 2.44. The number of hydrogen-bond acceptors (Lipinski definition) is 6. The van der Waals surface area contributed by atoms with Crippen LogP contribution in [-0.4, -0.2) is 65.8 Å². The minimum Gasteiger partial charge on any atom is -0.497 e. The highest BCUT2D eigenvalue weighted by atomic mass is 16.8. The van der Waals surface area contributed by atoms with Gasteiger partial charge >= 0.3 is 6.03 Å². The molecule has 4 heterocycles. The molecule has 6 rings (SSSR count). The molecule has 1 aromatic heterocycles. The molecule has 0 saturated carbocycles. The molecule has 38 heavy (non-hydrogen) atoms. The Morgan fingerprint density at radius 2 is 1.95 bits per heavy atom. The van der Waals surface area contributed by atoms with E-state index >= 15 is 0 Å². The summed E-state index contributed by atoms with van der Waals surface area (Å²) in [6, 6.07) is 12.9. The Kier molecular flexibility index (Phi) is 6.29. The zero-order valence-corrected chi connectivity index (χ0v) is 21.4. The Bertz CT molecular complexity index is 1410. The van der Waals surface area contributed by atoms with E-state index in [2.05, 4.69) is 10.0 Å². The van der Waals surface area contributed by atoms with Crippen LogP contribution in [-0.2, 0) is 27.5 Å². The van der Waals surface area contributed by atoms with Crippen molar-refractivity contribution in [3.05, 3.63) is 64.8 Å². The van der Waals surface area contributed by atoms with Crippen LogP contribution in [0.3, 0.4) is 0 Å². The number of imide groups is 1. The number of methoxy groups -OCH3 is 1. The molecule has 2 saturated heterocycles. The monoisotopic (exact) mass is 518 g/mol. The molecule has 1 N–H and O–H groups in total. The summed E-state index contributed by atoms with van der Waals surface area (Å²) in [5, 5.41) is 0.957. The maximum Gasteiger partial charge on any atom is 0.326 e. The molecular formula is C28H30N4O6. The Labute approximate surface area is 220 Å². The predicted molar refractivity (Wildman–Crippen MR) is 137 cm³/mol. The lowest BCUT2D eigenvalue weighted by atomic mass is 9.89. The lowest BCUT2D eigenvalue weighted by Crippen LogP contribution is -2.56. The van der Waals surface area contributed by atoms with Crippen molar-refractivity contribution in [1.29, 1.82) is 0 Å². The molecule has 2 fully saturated rings. The van der Waals surface area contributed by atoms with Crippen LogP contribution in [0.5, 0.6) is 5.75 Å². The van der Waals surface area contributed by atoms with Crippen molar-refractivity contribution in [2.75, 3.05) is 27.3 Å². The second-order valence-electron chi connectivity index (χ2n) is 9.98. The zero-order chi connectivity index (χ0) is 26.4. The van der Waals surface area contributed by atoms with E-state index in [1.54, 1.807) is 31.2 Å². The van der Waals surface area contributed by atoms with Crippen LogP contribution in [0.4, 0.5) is 4.79 Å². The van der Waals surface area contributed by atoms with Gasteiger partial charge in [0.05, 0.1) is 19.6 Å². The van der Waals surface area contributed by atoms with Gasteiger partial charge in [0, 0.05) is 55.3 Å². The quantitative estimate of drug-likeness (QED) is 0.502. The number of nitrogens with zero attached hydrogens (tertiary/aromatic N) is 3. The Hall–Kier alpha value is -3.89. The second-order valence-corrected chi connectivity index (χ2v) is 9.98. The summed E-state index contributed by atoms with van der Waals surface area (Å²) in [6.45, 7) is 1.95. The number of likely N-dealkylation sites (N-methyl/N-ethyl adjacent to an activating group) is 1. The van der Waals surface area contributed by atoms with Gasteiger partial charge in [-0.1, -0.05) is 12.1 Å². The van der Waals surface area contributed by atoms with E-state index < -0.39 is 12.2 Å². The van der Waals surface area contributed by atoms with Crippen LogP contribution < -0.4 is 10.2 Å². The zero-order valence-electron chi connectivity index (χ0n) is 21.4. The number of benzene rings is 2. The number of hydroxylamine groups is 1. The van der Waals surface area contributed by atoms with Crippen LogP contribution in [0.15, 0.2) is 42.5 Å². The van der Waals surface area contributed by atoms with Gasteiger partial charge in [-0.2, -0.15) is 0 Å². The standard InChI is InChI=1S/C28H30N4O6/c1-30-27(34)21-15-31(28(30)35)16-23-25(21)20-13-19(36-2)10-11-22(20)32(23)14-17-6-8-18(9-7-17)26(33)29-38-24-5-3-4-12-37-24/h6-11,13,21,24H,3-5,12,14-16H2,1-2H3,(H,29,33). The maximum absolute atomic E-state index is 13.1. The molecule has 10 nitrogen and oxygen atoms in total. The summed E-state index contributed by atoms with van der Waals surface area (Å²) in [5.74, 6) is -0.228. The number of hydrogen-bond donors (Lipinski definition) is 1. The molecule has 0 spiro atoms. The third-order valence-electron chi connectivity index (χ3n) is 7.68. The number of amides is 4. The summed E-state index contributed by atoms with van der Waals surface area (Å²) in [6.07, 6.45) is 2.36. The Morgan fingerprint density at radius 1 is 1.13 bits per heavy atom. The number of rotatable bonds is 6. The highest BCUT2D eigenvalue weighted by molar-refractivity contribution is 6.04. The molecule has 2 bridgehead atoms. The van der Waals surface area contributed by atoms with E-state index in [0.717, 1.165) is 47.0 Å². The molecule has 4 amide bonds. The summed E-state index contributed by atoms with van der Waals surface area (Å²) in [7, 11) is 3.16. The fourth-order valence-corrected chi connectivity index (χ4v) is 5.65. The number of fused-ring (bicyclic) bond motifs is 6. The smallest absolute Gasteiger partial charge is 0.326 e. The van der Waals surface area contributed by atoms with Gasteiger partial charge in [0.1, 0.15) is 5.75 Å². The summed E-state index contributed by atoms with van der Waals surface area (Å²) >= 11 is 0. The van der Waals surface area contributed by atoms with Crippen molar-refractivity contribution in [2.45, 2.75) is 44.6 Å². The van der Waals surface area contributed by atoms with Gasteiger partial charge in [-0.15, -0.1) is 0 Å². The van der Waals surface area contributed by atoms with Crippen molar-refractivity contribution >= 4 is 28.7 Å². The molecule has 0 radical (unpaired) electrons. The molecule has 3 aliphatic rings. The van der Waals surface area contributed by atoms with Gasteiger partial charge < -0.3 is 18.9 Å². The summed E-state index contributed by atoms with van der Waals surface area (Å²) < 4.78 is 13.1. The average molecular weight is 519 g/mol. The third-order valence-corrected chi connectivity index (χ3v) is 7.68. The summed E-state index contributed by atoms with van der Waals surface area (Å²) in [5.41, 5.74) is 6.82. The van der Waals surface area contributed by atoms with Crippen LogP contribution in [0.2, 0.25) is 0 Å². The highest BCUT2D eigenvalue weighted by Crippen LogP contribution is 2.41. The Balaban J connectivity index is 1.29. The normalized spacial score (nSPS) is 21.0. The number of urea groups is 1. The number of nitrogens with one attached hydrogen (secondary N) is 1. The number of carbonyl (C=O) groups excluding carboxylic acids is 3. The molecule has 2 aromatic carbocycles. The molecule has 2 atom stereocenters. The van der Waals surface area contributed by atoms with Gasteiger partial charge in [0.25, 0.3) is 5.91 Å². The fraction of sp³-hybridized carbons (Fsp3) is 0.393. The first-order valence-electron chi connectivity index (χ1n) is 12.9. The van der Waals surface area contributed by atoms with E-state index in [1.807, 2.05) is 30.3 Å². The molecule has 3 aliphatic heterocycles. The predicted octanol–water partition coefficient (Wildman–Crippen LogP) is 3.38. The Morgan fingerprint density at radius 3 is 2.68 bits per heavy atom. The summed E-state index contributed by atoms with van der Waals surface area (Å²) in [4.78, 5) is 46.8. The molecule has 2 unspecified atom stereocenters. The molecule has 10 heteroatoms. The fourth-order valence-electron chi connectivity index (χ4n) is 5.65.